The lowest BCUT2D eigenvalue weighted by molar-refractivity contribution is 0.0584. The van der Waals surface area contributed by atoms with Gasteiger partial charge in [0.15, 0.2) is 0 Å². The topological polar surface area (TPSA) is 44.5 Å². The maximum absolute atomic E-state index is 6.44. The summed E-state index contributed by atoms with van der Waals surface area (Å²) in [5.74, 6) is 1.42. The van der Waals surface area contributed by atoms with E-state index in [1.54, 1.807) is 7.11 Å². The molecule has 1 atom stereocenters. The van der Waals surface area contributed by atoms with E-state index in [9.17, 15) is 0 Å². The molecule has 1 fully saturated rings. The van der Waals surface area contributed by atoms with Gasteiger partial charge in [0.2, 0.25) is 0 Å². The average Bonchev–Trinajstić information content (AvgIpc) is 2.54. The molecule has 114 valence electrons. The summed E-state index contributed by atoms with van der Waals surface area (Å²) in [5, 5.41) is 2.40. The molecule has 0 saturated carbocycles. The van der Waals surface area contributed by atoms with Crippen LogP contribution in [0.2, 0.25) is 0 Å². The van der Waals surface area contributed by atoms with Gasteiger partial charge in [-0.3, -0.25) is 0 Å². The van der Waals surface area contributed by atoms with E-state index >= 15 is 0 Å². The van der Waals surface area contributed by atoms with Gasteiger partial charge in [-0.25, -0.2) is 0 Å². The molecule has 1 aliphatic rings. The number of methoxy groups -OCH3 is 1. The molecule has 2 aromatic rings. The quantitative estimate of drug-likeness (QED) is 0.940. The highest BCUT2D eigenvalue weighted by Crippen LogP contribution is 2.30. The Morgan fingerprint density at radius 3 is 2.48 bits per heavy atom. The normalized spacial score (nSPS) is 17.2. The minimum atomic E-state index is 0. The summed E-state index contributed by atoms with van der Waals surface area (Å²) in [5.41, 5.74) is 7.65. The molecule has 2 N–H and O–H groups in total. The molecular formula is C17H22ClNO2. The highest BCUT2D eigenvalue weighted by atomic mass is 35.5. The Kier molecular flexibility index (Phi) is 5.45. The molecule has 1 saturated heterocycles. The Labute approximate surface area is 131 Å². The van der Waals surface area contributed by atoms with Crippen molar-refractivity contribution in [3.05, 3.63) is 42.0 Å². The molecule has 0 aliphatic carbocycles. The smallest absolute Gasteiger partial charge is 0.119 e. The summed E-state index contributed by atoms with van der Waals surface area (Å²) in [6.07, 6.45) is 2.11. The molecule has 0 amide bonds. The summed E-state index contributed by atoms with van der Waals surface area (Å²) in [6.45, 7) is 1.67. The van der Waals surface area contributed by atoms with Crippen LogP contribution in [-0.2, 0) is 4.74 Å². The maximum Gasteiger partial charge on any atom is 0.119 e. The molecule has 0 radical (unpaired) electrons. The largest absolute Gasteiger partial charge is 0.497 e. The number of hydrogen-bond acceptors (Lipinski definition) is 3. The van der Waals surface area contributed by atoms with Crippen molar-refractivity contribution in [1.82, 2.24) is 0 Å². The highest BCUT2D eigenvalue weighted by molar-refractivity contribution is 5.85. The van der Waals surface area contributed by atoms with Crippen molar-refractivity contribution in [2.75, 3.05) is 20.3 Å². The van der Waals surface area contributed by atoms with Gasteiger partial charge in [-0.15, -0.1) is 12.4 Å². The molecule has 4 heteroatoms. The molecule has 1 heterocycles. The number of ether oxygens (including phenoxy) is 2. The molecule has 1 aliphatic heterocycles. The van der Waals surface area contributed by atoms with Gasteiger partial charge in [-0.2, -0.15) is 0 Å². The summed E-state index contributed by atoms with van der Waals surface area (Å²) in [7, 11) is 1.69. The Morgan fingerprint density at radius 1 is 1.10 bits per heavy atom. The van der Waals surface area contributed by atoms with Crippen LogP contribution in [0.25, 0.3) is 10.8 Å². The summed E-state index contributed by atoms with van der Waals surface area (Å²) in [4.78, 5) is 0. The summed E-state index contributed by atoms with van der Waals surface area (Å²) < 4.78 is 10.7. The fourth-order valence-corrected chi connectivity index (χ4v) is 2.92. The predicted octanol–water partition coefficient (Wildman–Crippen LogP) is 3.70. The number of hydrogen-bond donors (Lipinski definition) is 1. The first-order valence-electron chi connectivity index (χ1n) is 7.19. The van der Waals surface area contributed by atoms with E-state index in [0.717, 1.165) is 31.8 Å². The van der Waals surface area contributed by atoms with Gasteiger partial charge in [0, 0.05) is 19.3 Å². The van der Waals surface area contributed by atoms with Crippen LogP contribution in [-0.4, -0.2) is 20.3 Å². The molecule has 0 aromatic heterocycles. The van der Waals surface area contributed by atoms with E-state index in [4.69, 9.17) is 15.2 Å². The zero-order valence-electron chi connectivity index (χ0n) is 12.2. The second-order valence-electron chi connectivity index (χ2n) is 5.45. The first-order chi connectivity index (χ1) is 9.78. The molecular weight excluding hydrogens is 286 g/mol. The number of benzene rings is 2. The minimum Gasteiger partial charge on any atom is -0.497 e. The lowest BCUT2D eigenvalue weighted by Gasteiger charge is -2.28. The van der Waals surface area contributed by atoms with Gasteiger partial charge in [0.25, 0.3) is 0 Å². The number of halogens is 1. The monoisotopic (exact) mass is 307 g/mol. The Bertz CT molecular complexity index is 596. The second-order valence-corrected chi connectivity index (χ2v) is 5.45. The highest BCUT2D eigenvalue weighted by Gasteiger charge is 2.22. The van der Waals surface area contributed by atoms with Gasteiger partial charge < -0.3 is 15.2 Å². The van der Waals surface area contributed by atoms with Crippen LogP contribution in [0.4, 0.5) is 0 Å². The first kappa shape index (κ1) is 16.1. The average molecular weight is 308 g/mol. The third-order valence-corrected chi connectivity index (χ3v) is 4.23. The van der Waals surface area contributed by atoms with Gasteiger partial charge in [0.1, 0.15) is 5.75 Å². The zero-order valence-corrected chi connectivity index (χ0v) is 13.1. The number of nitrogens with two attached hydrogens (primary N) is 1. The van der Waals surface area contributed by atoms with Crippen LogP contribution >= 0.6 is 12.4 Å². The van der Waals surface area contributed by atoms with E-state index in [1.165, 1.54) is 16.3 Å². The Balaban J connectivity index is 0.00000161. The van der Waals surface area contributed by atoms with Crippen molar-refractivity contribution >= 4 is 23.2 Å². The third-order valence-electron chi connectivity index (χ3n) is 4.23. The van der Waals surface area contributed by atoms with Gasteiger partial charge in [-0.05, 0) is 53.3 Å². The van der Waals surface area contributed by atoms with Crippen LogP contribution < -0.4 is 10.5 Å². The van der Waals surface area contributed by atoms with E-state index in [0.29, 0.717) is 5.92 Å². The molecule has 2 aromatic carbocycles. The van der Waals surface area contributed by atoms with Crippen LogP contribution in [0.3, 0.4) is 0 Å². The van der Waals surface area contributed by atoms with E-state index in [1.807, 2.05) is 6.07 Å². The fraction of sp³-hybridized carbons (Fsp3) is 0.412. The van der Waals surface area contributed by atoms with E-state index in [2.05, 4.69) is 30.3 Å². The predicted molar refractivity (Wildman–Crippen MR) is 88.2 cm³/mol. The van der Waals surface area contributed by atoms with E-state index in [-0.39, 0.29) is 18.4 Å². The van der Waals surface area contributed by atoms with Gasteiger partial charge in [0.05, 0.1) is 7.11 Å². The molecule has 0 spiro atoms. The fourth-order valence-electron chi connectivity index (χ4n) is 2.92. The zero-order chi connectivity index (χ0) is 13.9. The standard InChI is InChI=1S/C17H21NO2.ClH/c1-19-16-5-4-13-10-15(3-2-14(13)11-16)17(18)12-6-8-20-9-7-12;/h2-5,10-12,17H,6-9,18H2,1H3;1H/t17-;/m0./s1. The SMILES string of the molecule is COc1ccc2cc([C@@H](N)C3CCOCC3)ccc2c1.Cl. The Hall–Kier alpha value is -1.29. The van der Waals surface area contributed by atoms with E-state index < -0.39 is 0 Å². The number of rotatable bonds is 3. The molecule has 3 nitrogen and oxygen atoms in total. The van der Waals surface area contributed by atoms with Gasteiger partial charge >= 0.3 is 0 Å². The second kappa shape index (κ2) is 7.12. The minimum absolute atomic E-state index is 0. The molecule has 21 heavy (non-hydrogen) atoms. The maximum atomic E-state index is 6.44. The molecule has 0 unspecified atom stereocenters. The van der Waals surface area contributed by atoms with Crippen LogP contribution in [0.1, 0.15) is 24.4 Å². The van der Waals surface area contributed by atoms with Crippen molar-refractivity contribution in [3.63, 3.8) is 0 Å². The summed E-state index contributed by atoms with van der Waals surface area (Å²) >= 11 is 0. The Morgan fingerprint density at radius 2 is 1.76 bits per heavy atom. The molecule has 0 bridgehead atoms. The van der Waals surface area contributed by atoms with Crippen molar-refractivity contribution in [1.29, 1.82) is 0 Å². The van der Waals surface area contributed by atoms with Crippen molar-refractivity contribution in [2.24, 2.45) is 11.7 Å². The van der Waals surface area contributed by atoms with Gasteiger partial charge in [-0.1, -0.05) is 18.2 Å². The van der Waals surface area contributed by atoms with Crippen molar-refractivity contribution < 1.29 is 9.47 Å². The number of fused-ring (bicyclic) bond motifs is 1. The lowest BCUT2D eigenvalue weighted by Crippen LogP contribution is -2.27. The first-order valence-corrected chi connectivity index (χ1v) is 7.19. The van der Waals surface area contributed by atoms with Crippen LogP contribution in [0.15, 0.2) is 36.4 Å². The lowest BCUT2D eigenvalue weighted by atomic mass is 9.87. The van der Waals surface area contributed by atoms with Crippen LogP contribution in [0.5, 0.6) is 5.75 Å². The third kappa shape index (κ3) is 3.49. The summed E-state index contributed by atoms with van der Waals surface area (Å²) in [6, 6.07) is 12.7. The van der Waals surface area contributed by atoms with Crippen LogP contribution in [0, 0.1) is 5.92 Å². The van der Waals surface area contributed by atoms with Crippen molar-refractivity contribution in [2.45, 2.75) is 18.9 Å². The molecule has 3 rings (SSSR count). The van der Waals surface area contributed by atoms with Crippen molar-refractivity contribution in [3.8, 4) is 5.75 Å².